The van der Waals surface area contributed by atoms with Gasteiger partial charge in [0.25, 0.3) is 5.22 Å². The fourth-order valence-corrected chi connectivity index (χ4v) is 2.17. The summed E-state index contributed by atoms with van der Waals surface area (Å²) in [5, 5.41) is 10.4. The first kappa shape index (κ1) is 13.8. The average molecular weight is 280 g/mol. The van der Waals surface area contributed by atoms with Crippen LogP contribution in [0.2, 0.25) is 0 Å². The fourth-order valence-electron chi connectivity index (χ4n) is 1.41. The summed E-state index contributed by atoms with van der Waals surface area (Å²) in [6.07, 6.45) is 0.965. The maximum atomic E-state index is 9.81. The second kappa shape index (κ2) is 6.49. The molecule has 1 atom stereocenters. The molecule has 0 aliphatic rings. The molecule has 0 spiro atoms. The number of aliphatic hydroxyl groups excluding tert-OH is 1. The monoisotopic (exact) mass is 280 g/mol. The van der Waals surface area contributed by atoms with Crippen LogP contribution in [0.5, 0.6) is 5.75 Å². The molecular formula is C13H16N2O3S. The summed E-state index contributed by atoms with van der Waals surface area (Å²) in [7, 11) is 0. The van der Waals surface area contributed by atoms with Crippen molar-refractivity contribution in [2.24, 2.45) is 0 Å². The van der Waals surface area contributed by atoms with Crippen LogP contribution in [0.4, 0.5) is 5.69 Å². The van der Waals surface area contributed by atoms with Gasteiger partial charge in [-0.15, -0.1) is 0 Å². The molecule has 0 bridgehead atoms. The van der Waals surface area contributed by atoms with Gasteiger partial charge < -0.3 is 20.0 Å². The van der Waals surface area contributed by atoms with Crippen LogP contribution in [0.25, 0.3) is 0 Å². The van der Waals surface area contributed by atoms with E-state index in [1.807, 2.05) is 19.1 Å². The number of oxazole rings is 1. The van der Waals surface area contributed by atoms with Gasteiger partial charge in [0.2, 0.25) is 0 Å². The van der Waals surface area contributed by atoms with Crippen LogP contribution in [-0.4, -0.2) is 28.6 Å². The summed E-state index contributed by atoms with van der Waals surface area (Å²) in [5.74, 6) is 1.03. The quantitative estimate of drug-likeness (QED) is 0.623. The normalized spacial score (nSPS) is 12.3. The maximum absolute atomic E-state index is 9.81. The first-order valence-corrected chi connectivity index (χ1v) is 6.84. The van der Waals surface area contributed by atoms with Crippen molar-refractivity contribution in [1.82, 2.24) is 4.98 Å². The Labute approximate surface area is 115 Å². The molecular weight excluding hydrogens is 264 g/mol. The van der Waals surface area contributed by atoms with Gasteiger partial charge in [-0.05, 0) is 19.1 Å². The number of hydrogen-bond acceptors (Lipinski definition) is 6. The zero-order valence-corrected chi connectivity index (χ0v) is 11.4. The molecule has 102 valence electrons. The first-order chi connectivity index (χ1) is 9.15. The molecule has 0 radical (unpaired) electrons. The molecule has 0 saturated carbocycles. The lowest BCUT2D eigenvalue weighted by Gasteiger charge is -2.12. The van der Waals surface area contributed by atoms with Crippen molar-refractivity contribution >= 4 is 17.4 Å². The number of nitrogens with zero attached hydrogens (tertiary/aromatic N) is 1. The van der Waals surface area contributed by atoms with Crippen molar-refractivity contribution in [2.45, 2.75) is 18.3 Å². The number of anilines is 1. The number of ether oxygens (including phenoxy) is 1. The van der Waals surface area contributed by atoms with Crippen LogP contribution in [0, 0.1) is 6.92 Å². The Morgan fingerprint density at radius 2 is 2.26 bits per heavy atom. The van der Waals surface area contributed by atoms with Gasteiger partial charge in [0.15, 0.2) is 0 Å². The zero-order chi connectivity index (χ0) is 13.7. The molecule has 6 heteroatoms. The molecule has 0 aliphatic carbocycles. The zero-order valence-electron chi connectivity index (χ0n) is 10.6. The highest BCUT2D eigenvalue weighted by molar-refractivity contribution is 7.99. The molecule has 0 aliphatic heterocycles. The lowest BCUT2D eigenvalue weighted by Crippen LogP contribution is -2.20. The molecule has 0 amide bonds. The summed E-state index contributed by atoms with van der Waals surface area (Å²) in [5.41, 5.74) is 7.12. The van der Waals surface area contributed by atoms with Gasteiger partial charge in [0, 0.05) is 5.75 Å². The summed E-state index contributed by atoms with van der Waals surface area (Å²) >= 11 is 1.35. The lowest BCUT2D eigenvalue weighted by atomic mass is 10.3. The Bertz CT molecular complexity index is 530. The predicted molar refractivity (Wildman–Crippen MR) is 74.3 cm³/mol. The van der Waals surface area contributed by atoms with Gasteiger partial charge in [-0.1, -0.05) is 23.9 Å². The second-order valence-electron chi connectivity index (χ2n) is 4.07. The van der Waals surface area contributed by atoms with Gasteiger partial charge in [-0.3, -0.25) is 0 Å². The lowest BCUT2D eigenvalue weighted by molar-refractivity contribution is 0.126. The molecule has 1 unspecified atom stereocenters. The number of aliphatic hydroxyl groups is 1. The minimum Gasteiger partial charge on any atom is -0.489 e. The van der Waals surface area contributed by atoms with Crippen molar-refractivity contribution in [1.29, 1.82) is 0 Å². The summed E-state index contributed by atoms with van der Waals surface area (Å²) < 4.78 is 10.6. The summed E-state index contributed by atoms with van der Waals surface area (Å²) in [6.45, 7) is 2.03. The molecule has 1 aromatic carbocycles. The number of nitrogen functional groups attached to an aromatic ring is 1. The third-order valence-corrected chi connectivity index (χ3v) is 3.33. The van der Waals surface area contributed by atoms with E-state index in [-0.39, 0.29) is 6.61 Å². The molecule has 3 N–H and O–H groups in total. The van der Waals surface area contributed by atoms with E-state index < -0.39 is 6.10 Å². The van der Waals surface area contributed by atoms with Crippen molar-refractivity contribution in [3.63, 3.8) is 0 Å². The van der Waals surface area contributed by atoms with Gasteiger partial charge in [0.05, 0.1) is 17.5 Å². The van der Waals surface area contributed by atoms with Crippen molar-refractivity contribution in [3.8, 4) is 5.75 Å². The van der Waals surface area contributed by atoms with Crippen LogP contribution in [0.3, 0.4) is 0 Å². The van der Waals surface area contributed by atoms with Crippen LogP contribution in [-0.2, 0) is 0 Å². The predicted octanol–water partition coefficient (Wildman–Crippen LogP) is 2.10. The van der Waals surface area contributed by atoms with E-state index in [0.29, 0.717) is 22.4 Å². The van der Waals surface area contributed by atoms with E-state index in [0.717, 1.165) is 5.69 Å². The number of para-hydroxylation sites is 2. The van der Waals surface area contributed by atoms with Gasteiger partial charge >= 0.3 is 0 Å². The van der Waals surface area contributed by atoms with E-state index in [1.54, 1.807) is 18.4 Å². The minimum absolute atomic E-state index is 0.181. The minimum atomic E-state index is -0.614. The average Bonchev–Trinajstić information content (AvgIpc) is 2.81. The topological polar surface area (TPSA) is 81.5 Å². The molecule has 19 heavy (non-hydrogen) atoms. The van der Waals surface area contributed by atoms with E-state index in [4.69, 9.17) is 14.9 Å². The third-order valence-electron chi connectivity index (χ3n) is 2.35. The van der Waals surface area contributed by atoms with Crippen molar-refractivity contribution < 1.29 is 14.3 Å². The standard InChI is InChI=1S/C13H16N2O3S/c1-9-6-18-13(15-9)19-8-10(16)7-17-12-5-3-2-4-11(12)14/h2-6,10,16H,7-8,14H2,1H3. The Kier molecular flexibility index (Phi) is 4.70. The van der Waals surface area contributed by atoms with E-state index >= 15 is 0 Å². The fraction of sp³-hybridized carbons (Fsp3) is 0.308. The van der Waals surface area contributed by atoms with Gasteiger partial charge in [-0.25, -0.2) is 4.98 Å². The number of aromatic nitrogens is 1. The Balaban J connectivity index is 1.76. The maximum Gasteiger partial charge on any atom is 0.255 e. The number of rotatable bonds is 6. The number of aryl methyl sites for hydroxylation is 1. The number of hydrogen-bond donors (Lipinski definition) is 2. The number of thioether (sulfide) groups is 1. The van der Waals surface area contributed by atoms with Gasteiger partial charge in [-0.2, -0.15) is 0 Å². The molecule has 1 heterocycles. The molecule has 5 nitrogen and oxygen atoms in total. The SMILES string of the molecule is Cc1coc(SCC(O)COc2ccccc2N)n1. The molecule has 0 saturated heterocycles. The Morgan fingerprint density at radius 1 is 1.47 bits per heavy atom. The Hall–Kier alpha value is -1.66. The molecule has 2 aromatic rings. The number of benzene rings is 1. The van der Waals surface area contributed by atoms with Gasteiger partial charge in [0.1, 0.15) is 18.6 Å². The van der Waals surface area contributed by atoms with Crippen molar-refractivity contribution in [2.75, 3.05) is 18.1 Å². The smallest absolute Gasteiger partial charge is 0.255 e. The van der Waals surface area contributed by atoms with Crippen LogP contribution < -0.4 is 10.5 Å². The first-order valence-electron chi connectivity index (χ1n) is 5.85. The van der Waals surface area contributed by atoms with E-state index in [2.05, 4.69) is 4.98 Å². The third kappa shape index (κ3) is 4.18. The van der Waals surface area contributed by atoms with E-state index in [9.17, 15) is 5.11 Å². The molecule has 1 aromatic heterocycles. The molecule has 2 rings (SSSR count). The van der Waals surface area contributed by atoms with E-state index in [1.165, 1.54) is 11.8 Å². The summed E-state index contributed by atoms with van der Waals surface area (Å²) in [4.78, 5) is 4.14. The second-order valence-corrected chi connectivity index (χ2v) is 5.04. The van der Waals surface area contributed by atoms with Crippen molar-refractivity contribution in [3.05, 3.63) is 36.2 Å². The largest absolute Gasteiger partial charge is 0.489 e. The highest BCUT2D eigenvalue weighted by Gasteiger charge is 2.10. The molecule has 0 fully saturated rings. The summed E-state index contributed by atoms with van der Waals surface area (Å²) in [6, 6.07) is 7.19. The van der Waals surface area contributed by atoms with Crippen LogP contribution in [0.1, 0.15) is 5.69 Å². The van der Waals surface area contributed by atoms with Crippen LogP contribution >= 0.6 is 11.8 Å². The Morgan fingerprint density at radius 3 is 2.95 bits per heavy atom. The number of nitrogens with two attached hydrogens (primary N) is 1. The van der Waals surface area contributed by atoms with Crippen LogP contribution in [0.15, 0.2) is 40.2 Å². The highest BCUT2D eigenvalue weighted by atomic mass is 32.2. The highest BCUT2D eigenvalue weighted by Crippen LogP contribution is 2.21.